The van der Waals surface area contributed by atoms with Crippen LogP contribution in [-0.4, -0.2) is 18.2 Å². The molecule has 0 amide bonds. The first kappa shape index (κ1) is 18.9. The zero-order valence-corrected chi connectivity index (χ0v) is 15.4. The molecule has 25 heavy (non-hydrogen) atoms. The summed E-state index contributed by atoms with van der Waals surface area (Å²) in [6, 6.07) is 18.4. The summed E-state index contributed by atoms with van der Waals surface area (Å²) < 4.78 is 11.5. The van der Waals surface area contributed by atoms with Gasteiger partial charge in [0.15, 0.2) is 0 Å². The first-order chi connectivity index (χ1) is 11.7. The van der Waals surface area contributed by atoms with E-state index in [1.54, 1.807) is 0 Å². The Kier molecular flexibility index (Phi) is 5.81. The molecule has 0 unspecified atom stereocenters. The highest BCUT2D eigenvalue weighted by molar-refractivity contribution is 5.81. The first-order valence-electron chi connectivity index (χ1n) is 8.39. The summed E-state index contributed by atoms with van der Waals surface area (Å²) in [6.45, 7) is 11.4. The summed E-state index contributed by atoms with van der Waals surface area (Å²) in [5, 5.41) is 0. The molecule has 0 saturated carbocycles. The van der Waals surface area contributed by atoms with Crippen LogP contribution >= 0.6 is 0 Å². The van der Waals surface area contributed by atoms with E-state index in [0.717, 1.165) is 22.8 Å². The molecule has 0 bridgehead atoms. The molecule has 0 aliphatic carbocycles. The maximum Gasteiger partial charge on any atom is 0.330 e. The van der Waals surface area contributed by atoms with E-state index in [0.29, 0.717) is 0 Å². The Morgan fingerprint density at radius 2 is 1.60 bits per heavy atom. The topological polar surface area (TPSA) is 35.5 Å². The van der Waals surface area contributed by atoms with Gasteiger partial charge < -0.3 is 9.47 Å². The lowest BCUT2D eigenvalue weighted by Gasteiger charge is -2.33. The van der Waals surface area contributed by atoms with Gasteiger partial charge in [-0.3, -0.25) is 0 Å². The Balaban J connectivity index is 2.23. The largest absolute Gasteiger partial charge is 0.454 e. The van der Waals surface area contributed by atoms with Crippen molar-refractivity contribution in [1.82, 2.24) is 0 Å². The SMILES string of the molecule is C=CC(=O)OC(C)(C)COC(C)(C)c1ccccc1-c1ccccc1. The van der Waals surface area contributed by atoms with Crippen molar-refractivity contribution in [2.75, 3.05) is 6.61 Å². The van der Waals surface area contributed by atoms with Gasteiger partial charge in [0, 0.05) is 6.08 Å². The Morgan fingerprint density at radius 1 is 1.00 bits per heavy atom. The van der Waals surface area contributed by atoms with Crippen LogP contribution in [0.5, 0.6) is 0 Å². The molecule has 0 atom stereocenters. The number of ether oxygens (including phenoxy) is 2. The molecule has 0 spiro atoms. The lowest BCUT2D eigenvalue weighted by Crippen LogP contribution is -2.37. The molecule has 0 fully saturated rings. The molecule has 0 radical (unpaired) electrons. The maximum absolute atomic E-state index is 11.5. The fourth-order valence-electron chi connectivity index (χ4n) is 2.65. The van der Waals surface area contributed by atoms with Crippen LogP contribution in [0.2, 0.25) is 0 Å². The van der Waals surface area contributed by atoms with E-state index in [4.69, 9.17) is 9.47 Å². The number of hydrogen-bond donors (Lipinski definition) is 0. The summed E-state index contributed by atoms with van der Waals surface area (Å²) in [4.78, 5) is 11.5. The number of carbonyl (C=O) groups is 1. The van der Waals surface area contributed by atoms with Gasteiger partial charge in [-0.25, -0.2) is 4.79 Å². The van der Waals surface area contributed by atoms with Gasteiger partial charge in [0.05, 0.1) is 12.2 Å². The number of rotatable bonds is 7. The van der Waals surface area contributed by atoms with Crippen molar-refractivity contribution < 1.29 is 14.3 Å². The van der Waals surface area contributed by atoms with Crippen LogP contribution in [0.4, 0.5) is 0 Å². The van der Waals surface area contributed by atoms with Crippen molar-refractivity contribution in [3.63, 3.8) is 0 Å². The lowest BCUT2D eigenvalue weighted by atomic mass is 9.89. The summed E-state index contributed by atoms with van der Waals surface area (Å²) in [5.74, 6) is -0.448. The predicted octanol–water partition coefficient (Wildman–Crippen LogP) is 5.11. The Hall–Kier alpha value is -2.39. The molecule has 0 aliphatic rings. The molecule has 132 valence electrons. The van der Waals surface area contributed by atoms with Gasteiger partial charge in [0.25, 0.3) is 0 Å². The van der Waals surface area contributed by atoms with Crippen LogP contribution in [0.3, 0.4) is 0 Å². The molecule has 0 N–H and O–H groups in total. The van der Waals surface area contributed by atoms with E-state index in [2.05, 4.69) is 30.8 Å². The van der Waals surface area contributed by atoms with Gasteiger partial charge in [0.2, 0.25) is 0 Å². The van der Waals surface area contributed by atoms with E-state index >= 15 is 0 Å². The minimum Gasteiger partial charge on any atom is -0.454 e. The van der Waals surface area contributed by atoms with Crippen LogP contribution in [0.15, 0.2) is 67.3 Å². The highest BCUT2D eigenvalue weighted by Gasteiger charge is 2.30. The second-order valence-corrected chi connectivity index (χ2v) is 7.10. The van der Waals surface area contributed by atoms with Crippen molar-refractivity contribution in [3.05, 3.63) is 72.8 Å². The smallest absolute Gasteiger partial charge is 0.330 e. The van der Waals surface area contributed by atoms with Crippen LogP contribution in [0.25, 0.3) is 11.1 Å². The van der Waals surface area contributed by atoms with Crippen molar-refractivity contribution in [2.45, 2.75) is 38.9 Å². The third-order valence-corrected chi connectivity index (χ3v) is 3.98. The zero-order valence-electron chi connectivity index (χ0n) is 15.4. The van der Waals surface area contributed by atoms with E-state index in [1.807, 2.05) is 58.0 Å². The van der Waals surface area contributed by atoms with Gasteiger partial charge in [-0.2, -0.15) is 0 Å². The summed E-state index contributed by atoms with van der Waals surface area (Å²) in [6.07, 6.45) is 1.16. The molecule has 2 aromatic rings. The van der Waals surface area contributed by atoms with Gasteiger partial charge >= 0.3 is 5.97 Å². The molecule has 0 heterocycles. The quantitative estimate of drug-likeness (QED) is 0.519. The highest BCUT2D eigenvalue weighted by atomic mass is 16.6. The van der Waals surface area contributed by atoms with Crippen molar-refractivity contribution in [3.8, 4) is 11.1 Å². The van der Waals surface area contributed by atoms with Crippen LogP contribution in [-0.2, 0) is 19.9 Å². The number of benzene rings is 2. The van der Waals surface area contributed by atoms with Crippen LogP contribution < -0.4 is 0 Å². The number of carbonyl (C=O) groups excluding carboxylic acids is 1. The average molecular weight is 338 g/mol. The van der Waals surface area contributed by atoms with E-state index in [9.17, 15) is 4.79 Å². The van der Waals surface area contributed by atoms with E-state index in [-0.39, 0.29) is 6.61 Å². The minimum atomic E-state index is -0.732. The standard InChI is InChI=1S/C22H26O3/c1-6-20(23)25-21(2,3)16-24-22(4,5)19-15-11-10-14-18(19)17-12-8-7-9-13-17/h6-15H,1,16H2,2-5H3. The number of esters is 1. The summed E-state index contributed by atoms with van der Waals surface area (Å²) in [7, 11) is 0. The summed E-state index contributed by atoms with van der Waals surface area (Å²) >= 11 is 0. The summed E-state index contributed by atoms with van der Waals surface area (Å²) in [5.41, 5.74) is 2.10. The Labute approximate surface area is 150 Å². The third kappa shape index (κ3) is 5.04. The second-order valence-electron chi connectivity index (χ2n) is 7.10. The molecule has 0 aliphatic heterocycles. The van der Waals surface area contributed by atoms with Gasteiger partial charge in [-0.1, -0.05) is 61.2 Å². The molecule has 3 heteroatoms. The fourth-order valence-corrected chi connectivity index (χ4v) is 2.65. The highest BCUT2D eigenvalue weighted by Crippen LogP contribution is 2.34. The predicted molar refractivity (Wildman–Crippen MR) is 101 cm³/mol. The van der Waals surface area contributed by atoms with Gasteiger partial charge in [-0.05, 0) is 44.4 Å². The molecule has 0 aromatic heterocycles. The van der Waals surface area contributed by atoms with Gasteiger partial charge in [0.1, 0.15) is 5.60 Å². The molecule has 2 aromatic carbocycles. The van der Waals surface area contributed by atoms with Crippen molar-refractivity contribution in [2.24, 2.45) is 0 Å². The van der Waals surface area contributed by atoms with Crippen molar-refractivity contribution in [1.29, 1.82) is 0 Å². The fraction of sp³-hybridized carbons (Fsp3) is 0.318. The third-order valence-electron chi connectivity index (χ3n) is 3.98. The van der Waals surface area contributed by atoms with Crippen molar-refractivity contribution >= 4 is 5.97 Å². The normalized spacial score (nSPS) is 11.8. The second kappa shape index (κ2) is 7.66. The van der Waals surface area contributed by atoms with Crippen LogP contribution in [0.1, 0.15) is 33.3 Å². The zero-order chi connectivity index (χ0) is 18.5. The monoisotopic (exact) mass is 338 g/mol. The van der Waals surface area contributed by atoms with E-state index < -0.39 is 17.2 Å². The van der Waals surface area contributed by atoms with Crippen LogP contribution in [0, 0.1) is 0 Å². The van der Waals surface area contributed by atoms with E-state index in [1.165, 1.54) is 0 Å². The molecule has 2 rings (SSSR count). The molecule has 3 nitrogen and oxygen atoms in total. The molecular formula is C22H26O3. The minimum absolute atomic E-state index is 0.280. The molecular weight excluding hydrogens is 312 g/mol. The number of hydrogen-bond acceptors (Lipinski definition) is 3. The maximum atomic E-state index is 11.5. The Bertz CT molecular complexity index is 730. The molecule has 0 saturated heterocycles. The average Bonchev–Trinajstić information content (AvgIpc) is 2.60. The van der Waals surface area contributed by atoms with Gasteiger partial charge in [-0.15, -0.1) is 0 Å². The first-order valence-corrected chi connectivity index (χ1v) is 8.39. The Morgan fingerprint density at radius 3 is 2.24 bits per heavy atom. The lowest BCUT2D eigenvalue weighted by molar-refractivity contribution is -0.163.